The number of H-pyrrole nitrogens is 1. The lowest BCUT2D eigenvalue weighted by Gasteiger charge is -2.01. The number of aromatic nitrogens is 2. The Kier molecular flexibility index (Phi) is 3.82. The second kappa shape index (κ2) is 5.61. The molecule has 0 radical (unpaired) electrons. The van der Waals surface area contributed by atoms with Crippen LogP contribution in [0.25, 0.3) is 22.4 Å². The van der Waals surface area contributed by atoms with Crippen molar-refractivity contribution < 1.29 is 9.53 Å². The highest BCUT2D eigenvalue weighted by atomic mass is 79.9. The number of fused-ring (bicyclic) bond motifs is 1. The van der Waals surface area contributed by atoms with Gasteiger partial charge in [0.25, 0.3) is 0 Å². The fraction of sp³-hybridized carbons (Fsp3) is 0.0667. The second-order valence-corrected chi connectivity index (χ2v) is 6.17. The van der Waals surface area contributed by atoms with E-state index < -0.39 is 5.97 Å². The Morgan fingerprint density at radius 1 is 1.24 bits per heavy atom. The van der Waals surface area contributed by atoms with Gasteiger partial charge in [-0.15, -0.1) is 0 Å². The lowest BCUT2D eigenvalue weighted by atomic mass is 10.2. The molecule has 2 aromatic carbocycles. The van der Waals surface area contributed by atoms with Gasteiger partial charge in [0.05, 0.1) is 18.2 Å². The van der Waals surface area contributed by atoms with Crippen LogP contribution in [0.15, 0.2) is 45.3 Å². The Hall–Kier alpha value is -1.66. The molecule has 1 N–H and O–H groups in total. The predicted molar refractivity (Wildman–Crippen MR) is 88.3 cm³/mol. The summed E-state index contributed by atoms with van der Waals surface area (Å²) < 4.78 is 6.67. The van der Waals surface area contributed by atoms with Crippen molar-refractivity contribution in [2.75, 3.05) is 7.11 Å². The van der Waals surface area contributed by atoms with Gasteiger partial charge in [-0.3, -0.25) is 0 Å². The topological polar surface area (TPSA) is 55.0 Å². The Balaban J connectivity index is 2.22. The number of ether oxygens (including phenoxy) is 1. The fourth-order valence-electron chi connectivity index (χ4n) is 2.11. The molecule has 3 aromatic rings. The minimum Gasteiger partial charge on any atom is -0.465 e. The van der Waals surface area contributed by atoms with Gasteiger partial charge in [-0.2, -0.15) is 0 Å². The van der Waals surface area contributed by atoms with Gasteiger partial charge in [0.15, 0.2) is 0 Å². The van der Waals surface area contributed by atoms with Crippen LogP contribution in [0.1, 0.15) is 10.4 Å². The van der Waals surface area contributed by atoms with Gasteiger partial charge in [-0.1, -0.05) is 37.9 Å². The molecule has 4 nitrogen and oxygen atoms in total. The number of nitrogens with one attached hydrogen (secondary N) is 1. The number of para-hydroxylation sites is 1. The normalized spacial score (nSPS) is 10.8. The average molecular weight is 410 g/mol. The summed E-state index contributed by atoms with van der Waals surface area (Å²) in [6.45, 7) is 0. The average Bonchev–Trinajstić information content (AvgIpc) is 2.92. The highest BCUT2D eigenvalue weighted by molar-refractivity contribution is 9.11. The largest absolute Gasteiger partial charge is 0.465 e. The van der Waals surface area contributed by atoms with Gasteiger partial charge in [-0.05, 0) is 30.3 Å². The van der Waals surface area contributed by atoms with Crippen molar-refractivity contribution in [3.05, 3.63) is 50.9 Å². The van der Waals surface area contributed by atoms with E-state index in [0.717, 1.165) is 20.0 Å². The zero-order chi connectivity index (χ0) is 15.0. The molecule has 0 atom stereocenters. The first-order valence-electron chi connectivity index (χ1n) is 6.12. The quantitative estimate of drug-likeness (QED) is 0.632. The van der Waals surface area contributed by atoms with Crippen LogP contribution in [-0.2, 0) is 4.74 Å². The number of benzene rings is 2. The number of imidazole rings is 1. The molecule has 0 saturated heterocycles. The Morgan fingerprint density at radius 3 is 2.81 bits per heavy atom. The summed E-state index contributed by atoms with van der Waals surface area (Å²) in [5.74, 6) is 0.293. The molecule has 0 saturated carbocycles. The van der Waals surface area contributed by atoms with Gasteiger partial charge < -0.3 is 9.72 Å². The Bertz CT molecular complexity index is 843. The molecule has 0 aliphatic rings. The highest BCUT2D eigenvalue weighted by Gasteiger charge is 2.15. The van der Waals surface area contributed by atoms with Crippen molar-refractivity contribution >= 4 is 48.9 Å². The van der Waals surface area contributed by atoms with Crippen molar-refractivity contribution in [1.29, 1.82) is 0 Å². The molecule has 1 heterocycles. The van der Waals surface area contributed by atoms with E-state index in [9.17, 15) is 4.79 Å². The second-order valence-electron chi connectivity index (χ2n) is 4.40. The number of esters is 1. The molecule has 1 aromatic heterocycles. The van der Waals surface area contributed by atoms with Crippen LogP contribution in [-0.4, -0.2) is 23.0 Å². The number of halogens is 2. The summed E-state index contributed by atoms with van der Waals surface area (Å²) in [7, 11) is 1.36. The molecule has 0 fully saturated rings. The Labute approximate surface area is 137 Å². The van der Waals surface area contributed by atoms with Gasteiger partial charge in [0, 0.05) is 14.5 Å². The molecule has 0 unspecified atom stereocenters. The van der Waals surface area contributed by atoms with E-state index in [-0.39, 0.29) is 0 Å². The number of carbonyl (C=O) groups excluding carboxylic acids is 1. The first-order chi connectivity index (χ1) is 10.1. The zero-order valence-corrected chi connectivity index (χ0v) is 14.2. The highest BCUT2D eigenvalue weighted by Crippen LogP contribution is 2.31. The van der Waals surface area contributed by atoms with E-state index in [4.69, 9.17) is 4.74 Å². The van der Waals surface area contributed by atoms with Gasteiger partial charge in [0.2, 0.25) is 0 Å². The van der Waals surface area contributed by atoms with E-state index in [1.807, 2.05) is 24.3 Å². The molecule has 21 heavy (non-hydrogen) atoms. The van der Waals surface area contributed by atoms with Crippen molar-refractivity contribution in [2.45, 2.75) is 0 Å². The van der Waals surface area contributed by atoms with Crippen LogP contribution in [0.2, 0.25) is 0 Å². The smallest absolute Gasteiger partial charge is 0.340 e. The van der Waals surface area contributed by atoms with Crippen LogP contribution >= 0.6 is 31.9 Å². The van der Waals surface area contributed by atoms with Gasteiger partial charge in [0.1, 0.15) is 11.3 Å². The maximum atomic E-state index is 11.8. The summed E-state index contributed by atoms with van der Waals surface area (Å²) in [6, 6.07) is 11.2. The molecular weight excluding hydrogens is 400 g/mol. The minimum absolute atomic E-state index is 0.396. The molecule has 0 aliphatic heterocycles. The van der Waals surface area contributed by atoms with E-state index in [2.05, 4.69) is 41.8 Å². The number of carbonyl (C=O) groups is 1. The molecule has 106 valence electrons. The molecule has 3 rings (SSSR count). The summed E-state index contributed by atoms with van der Waals surface area (Å²) in [4.78, 5) is 19.6. The zero-order valence-electron chi connectivity index (χ0n) is 11.0. The van der Waals surface area contributed by atoms with Crippen molar-refractivity contribution in [3.63, 3.8) is 0 Å². The third kappa shape index (κ3) is 2.61. The molecule has 6 heteroatoms. The lowest BCUT2D eigenvalue weighted by molar-refractivity contribution is 0.0603. The predicted octanol–water partition coefficient (Wildman–Crippen LogP) is 4.54. The van der Waals surface area contributed by atoms with Crippen LogP contribution < -0.4 is 0 Å². The van der Waals surface area contributed by atoms with E-state index in [1.54, 1.807) is 12.1 Å². The molecule has 0 aliphatic carbocycles. The summed E-state index contributed by atoms with van der Waals surface area (Å²) in [5.41, 5.74) is 2.76. The Morgan fingerprint density at radius 2 is 2.05 bits per heavy atom. The van der Waals surface area contributed by atoms with Gasteiger partial charge in [-0.25, -0.2) is 9.78 Å². The van der Waals surface area contributed by atoms with Crippen LogP contribution in [0, 0.1) is 0 Å². The molecule has 0 amide bonds. The molecule has 0 bridgehead atoms. The number of hydrogen-bond donors (Lipinski definition) is 1. The third-order valence-electron chi connectivity index (χ3n) is 3.10. The number of aromatic amines is 1. The van der Waals surface area contributed by atoms with E-state index >= 15 is 0 Å². The number of nitrogens with zero attached hydrogens (tertiary/aromatic N) is 1. The molecular formula is C15H10Br2N2O2. The minimum atomic E-state index is -0.396. The first-order valence-corrected chi connectivity index (χ1v) is 7.71. The third-order valence-corrected chi connectivity index (χ3v) is 4.29. The van der Waals surface area contributed by atoms with Crippen LogP contribution in [0.4, 0.5) is 0 Å². The van der Waals surface area contributed by atoms with E-state index in [1.165, 1.54) is 7.11 Å². The van der Waals surface area contributed by atoms with Crippen molar-refractivity contribution in [2.24, 2.45) is 0 Å². The fourth-order valence-corrected chi connectivity index (χ4v) is 2.91. The van der Waals surface area contributed by atoms with Gasteiger partial charge >= 0.3 is 5.97 Å². The van der Waals surface area contributed by atoms with Crippen molar-refractivity contribution in [3.8, 4) is 11.4 Å². The standard InChI is InChI=1S/C15H10Br2N2O2/c1-21-15(20)9-3-2-4-12-13(9)19-14(18-12)10-7-8(16)5-6-11(10)17/h2-7H,1H3,(H,18,19). The SMILES string of the molecule is COC(=O)c1cccc2[nH]c(-c3cc(Br)ccc3Br)nc12. The monoisotopic (exact) mass is 408 g/mol. The summed E-state index contributed by atoms with van der Waals surface area (Å²) in [6.07, 6.45) is 0. The maximum absolute atomic E-state index is 11.8. The van der Waals surface area contributed by atoms with Crippen LogP contribution in [0.3, 0.4) is 0 Å². The van der Waals surface area contributed by atoms with E-state index in [0.29, 0.717) is 16.9 Å². The number of hydrogen-bond acceptors (Lipinski definition) is 3. The summed E-state index contributed by atoms with van der Waals surface area (Å²) >= 11 is 6.96. The summed E-state index contributed by atoms with van der Waals surface area (Å²) in [5, 5.41) is 0. The molecule has 0 spiro atoms. The first kappa shape index (κ1) is 14.3. The lowest BCUT2D eigenvalue weighted by Crippen LogP contribution is -2.01. The van der Waals surface area contributed by atoms with Crippen molar-refractivity contribution in [1.82, 2.24) is 9.97 Å². The number of rotatable bonds is 2. The number of methoxy groups -OCH3 is 1. The maximum Gasteiger partial charge on any atom is 0.340 e. The van der Waals surface area contributed by atoms with Crippen LogP contribution in [0.5, 0.6) is 0 Å².